The Bertz CT molecular complexity index is 763. The van der Waals surface area contributed by atoms with Crippen molar-refractivity contribution in [3.8, 4) is 5.75 Å². The van der Waals surface area contributed by atoms with Gasteiger partial charge in [-0.15, -0.1) is 0 Å². The SMILES string of the molecule is Cc1c(B2OC(C)(C)C(C)(C)O2)cc2c(c1Cl)OC[C@H]1CCCN1C2=O. The average molecular weight is 378 g/mol. The maximum absolute atomic E-state index is 13.1. The number of ether oxygens (including phenoxy) is 1. The summed E-state index contributed by atoms with van der Waals surface area (Å²) in [5, 5.41) is 0.474. The molecule has 3 aliphatic heterocycles. The van der Waals surface area contributed by atoms with E-state index in [2.05, 4.69) is 0 Å². The fraction of sp³-hybridized carbons (Fsp3) is 0.632. The van der Waals surface area contributed by atoms with E-state index >= 15 is 0 Å². The van der Waals surface area contributed by atoms with Gasteiger partial charge in [0.25, 0.3) is 5.91 Å². The molecule has 26 heavy (non-hydrogen) atoms. The van der Waals surface area contributed by atoms with E-state index < -0.39 is 18.3 Å². The van der Waals surface area contributed by atoms with E-state index in [4.69, 9.17) is 25.6 Å². The van der Waals surface area contributed by atoms with Crippen molar-refractivity contribution >= 4 is 30.1 Å². The fourth-order valence-corrected chi connectivity index (χ4v) is 4.14. The Labute approximate surface area is 160 Å². The molecule has 0 spiro atoms. The summed E-state index contributed by atoms with van der Waals surface area (Å²) in [5.41, 5.74) is 1.23. The second-order valence-corrected chi connectivity index (χ2v) is 8.85. The van der Waals surface area contributed by atoms with Crippen LogP contribution in [0.15, 0.2) is 6.07 Å². The minimum atomic E-state index is -0.562. The Hall–Kier alpha value is -1.24. The Kier molecular flexibility index (Phi) is 4.10. The van der Waals surface area contributed by atoms with E-state index in [9.17, 15) is 4.79 Å². The van der Waals surface area contributed by atoms with E-state index in [-0.39, 0.29) is 11.9 Å². The molecule has 0 aromatic heterocycles. The van der Waals surface area contributed by atoms with Crippen LogP contribution in [0.4, 0.5) is 0 Å². The number of carbonyl (C=O) groups excluding carboxylic acids is 1. The van der Waals surface area contributed by atoms with Gasteiger partial charge >= 0.3 is 7.12 Å². The van der Waals surface area contributed by atoms with Crippen molar-refractivity contribution in [2.24, 2.45) is 0 Å². The van der Waals surface area contributed by atoms with E-state index in [1.54, 1.807) is 0 Å². The Morgan fingerprint density at radius 3 is 2.54 bits per heavy atom. The molecule has 0 bridgehead atoms. The van der Waals surface area contributed by atoms with Gasteiger partial charge in [0, 0.05) is 6.54 Å². The lowest BCUT2D eigenvalue weighted by atomic mass is 9.75. The van der Waals surface area contributed by atoms with Crippen LogP contribution in [0.25, 0.3) is 0 Å². The summed E-state index contributed by atoms with van der Waals surface area (Å²) in [6, 6.07) is 1.98. The van der Waals surface area contributed by atoms with Crippen LogP contribution in [0.1, 0.15) is 56.5 Å². The standard InChI is InChI=1S/C19H25BClNO4/c1-11-14(20-25-18(2,3)19(4,5)26-20)9-13-16(15(11)21)24-10-12-7-6-8-22(12)17(13)23/h9,12H,6-8,10H2,1-5H3/t12-/m1/s1. The summed E-state index contributed by atoms with van der Waals surface area (Å²) < 4.78 is 18.3. The first-order valence-electron chi connectivity index (χ1n) is 9.25. The molecule has 2 saturated heterocycles. The first kappa shape index (κ1) is 18.1. The lowest BCUT2D eigenvalue weighted by Crippen LogP contribution is -2.41. The molecular weight excluding hydrogens is 352 g/mol. The molecule has 3 aliphatic rings. The number of hydrogen-bond acceptors (Lipinski definition) is 4. The number of benzene rings is 1. The van der Waals surface area contributed by atoms with E-state index in [0.717, 1.165) is 30.4 Å². The molecule has 7 heteroatoms. The third kappa shape index (κ3) is 2.57. The van der Waals surface area contributed by atoms with E-state index in [1.165, 1.54) is 0 Å². The zero-order valence-electron chi connectivity index (χ0n) is 16.0. The van der Waals surface area contributed by atoms with Crippen molar-refractivity contribution in [2.75, 3.05) is 13.2 Å². The summed E-state index contributed by atoms with van der Waals surface area (Å²) in [6.45, 7) is 11.2. The molecule has 1 aromatic rings. The summed E-state index contributed by atoms with van der Waals surface area (Å²) in [5.74, 6) is 0.475. The van der Waals surface area contributed by atoms with Gasteiger partial charge in [0.05, 0.1) is 27.8 Å². The second-order valence-electron chi connectivity index (χ2n) is 8.48. The number of rotatable bonds is 1. The predicted molar refractivity (Wildman–Crippen MR) is 101 cm³/mol. The highest BCUT2D eigenvalue weighted by Crippen LogP contribution is 2.40. The third-order valence-electron chi connectivity index (χ3n) is 6.30. The highest BCUT2D eigenvalue weighted by Gasteiger charge is 2.52. The molecule has 140 valence electrons. The summed E-state index contributed by atoms with van der Waals surface area (Å²) in [7, 11) is -0.562. The quantitative estimate of drug-likeness (QED) is 0.706. The molecule has 1 amide bonds. The van der Waals surface area contributed by atoms with Crippen LogP contribution < -0.4 is 10.2 Å². The number of amides is 1. The minimum absolute atomic E-state index is 0.0142. The molecule has 3 heterocycles. The minimum Gasteiger partial charge on any atom is -0.489 e. The monoisotopic (exact) mass is 377 g/mol. The molecule has 0 saturated carbocycles. The van der Waals surface area contributed by atoms with Crippen LogP contribution >= 0.6 is 11.6 Å². The maximum atomic E-state index is 13.1. The van der Waals surface area contributed by atoms with Gasteiger partial charge in [0.1, 0.15) is 6.61 Å². The normalized spacial score (nSPS) is 26.4. The first-order valence-corrected chi connectivity index (χ1v) is 9.62. The number of hydrogen-bond donors (Lipinski definition) is 0. The smallest absolute Gasteiger partial charge is 0.489 e. The molecule has 4 rings (SSSR count). The molecule has 5 nitrogen and oxygen atoms in total. The summed E-state index contributed by atoms with van der Waals surface area (Å²) in [6.07, 6.45) is 1.99. The van der Waals surface area contributed by atoms with Gasteiger partial charge in [-0.05, 0) is 64.6 Å². The van der Waals surface area contributed by atoms with Gasteiger partial charge in [-0.3, -0.25) is 4.79 Å². The molecular formula is C19H25BClNO4. The fourth-order valence-electron chi connectivity index (χ4n) is 3.87. The van der Waals surface area contributed by atoms with Crippen molar-refractivity contribution in [3.05, 3.63) is 22.2 Å². The lowest BCUT2D eigenvalue weighted by molar-refractivity contribution is 0.00578. The van der Waals surface area contributed by atoms with Crippen LogP contribution in [0, 0.1) is 6.92 Å². The molecule has 1 aromatic carbocycles. The van der Waals surface area contributed by atoms with Crippen LogP contribution in [-0.4, -0.2) is 48.3 Å². The first-order chi connectivity index (χ1) is 12.1. The van der Waals surface area contributed by atoms with Gasteiger partial charge in [0.2, 0.25) is 0 Å². The summed E-state index contributed by atoms with van der Waals surface area (Å²) >= 11 is 6.62. The average Bonchev–Trinajstić information content (AvgIpc) is 3.06. The highest BCUT2D eigenvalue weighted by molar-refractivity contribution is 6.63. The van der Waals surface area contributed by atoms with Crippen molar-refractivity contribution in [3.63, 3.8) is 0 Å². The van der Waals surface area contributed by atoms with Gasteiger partial charge in [0.15, 0.2) is 5.75 Å². The molecule has 2 fully saturated rings. The van der Waals surface area contributed by atoms with Crippen LogP contribution in [0.2, 0.25) is 5.02 Å². The number of halogens is 1. The van der Waals surface area contributed by atoms with Crippen molar-refractivity contribution in [2.45, 2.75) is 64.7 Å². The van der Waals surface area contributed by atoms with Crippen LogP contribution in [0.5, 0.6) is 5.75 Å². The van der Waals surface area contributed by atoms with Crippen LogP contribution in [0.3, 0.4) is 0 Å². The van der Waals surface area contributed by atoms with Gasteiger partial charge in [-0.1, -0.05) is 11.6 Å². The summed E-state index contributed by atoms with van der Waals surface area (Å²) in [4.78, 5) is 15.0. The van der Waals surface area contributed by atoms with E-state index in [1.807, 2.05) is 45.6 Å². The lowest BCUT2D eigenvalue weighted by Gasteiger charge is -2.32. The van der Waals surface area contributed by atoms with Crippen molar-refractivity contribution in [1.82, 2.24) is 4.90 Å². The molecule has 0 N–H and O–H groups in total. The zero-order chi connectivity index (χ0) is 18.9. The highest BCUT2D eigenvalue weighted by atomic mass is 35.5. The zero-order valence-corrected chi connectivity index (χ0v) is 16.8. The van der Waals surface area contributed by atoms with Gasteiger partial charge in [-0.2, -0.15) is 0 Å². The van der Waals surface area contributed by atoms with Gasteiger partial charge in [-0.25, -0.2) is 0 Å². The number of nitrogens with zero attached hydrogens (tertiary/aromatic N) is 1. The largest absolute Gasteiger partial charge is 0.495 e. The maximum Gasteiger partial charge on any atom is 0.495 e. The van der Waals surface area contributed by atoms with Gasteiger partial charge < -0.3 is 18.9 Å². The third-order valence-corrected chi connectivity index (χ3v) is 6.76. The Morgan fingerprint density at radius 2 is 1.88 bits per heavy atom. The molecule has 0 unspecified atom stereocenters. The predicted octanol–water partition coefficient (Wildman–Crippen LogP) is 2.94. The van der Waals surface area contributed by atoms with Crippen molar-refractivity contribution < 1.29 is 18.8 Å². The second kappa shape index (κ2) is 5.88. The van der Waals surface area contributed by atoms with Crippen molar-refractivity contribution in [1.29, 1.82) is 0 Å². The molecule has 0 radical (unpaired) electrons. The van der Waals surface area contributed by atoms with E-state index in [0.29, 0.717) is 22.9 Å². The topological polar surface area (TPSA) is 48.0 Å². The molecule has 1 atom stereocenters. The Morgan fingerprint density at radius 1 is 1.23 bits per heavy atom. The Balaban J connectivity index is 1.79. The number of fused-ring (bicyclic) bond motifs is 2. The van der Waals surface area contributed by atoms with Crippen LogP contribution in [-0.2, 0) is 9.31 Å². The number of carbonyl (C=O) groups is 1. The molecule has 0 aliphatic carbocycles.